The SMILES string of the molecule is Brc1cncc(Cn2cncn2)c1. The van der Waals surface area contributed by atoms with E-state index in [2.05, 4.69) is 31.0 Å². The molecular formula is C8H7BrN4. The largest absolute Gasteiger partial charge is 0.263 e. The lowest BCUT2D eigenvalue weighted by Gasteiger charge is -2.00. The first-order valence-electron chi connectivity index (χ1n) is 3.76. The highest BCUT2D eigenvalue weighted by molar-refractivity contribution is 9.10. The van der Waals surface area contributed by atoms with Gasteiger partial charge in [-0.05, 0) is 27.6 Å². The third-order valence-electron chi connectivity index (χ3n) is 1.57. The van der Waals surface area contributed by atoms with Crippen molar-refractivity contribution < 1.29 is 0 Å². The van der Waals surface area contributed by atoms with E-state index in [4.69, 9.17) is 0 Å². The molecule has 13 heavy (non-hydrogen) atoms. The fourth-order valence-electron chi connectivity index (χ4n) is 1.04. The average molecular weight is 239 g/mol. The molecule has 0 unspecified atom stereocenters. The molecule has 5 heteroatoms. The van der Waals surface area contributed by atoms with E-state index in [9.17, 15) is 0 Å². The minimum Gasteiger partial charge on any atom is -0.263 e. The van der Waals surface area contributed by atoms with Crippen LogP contribution in [0.3, 0.4) is 0 Å². The zero-order chi connectivity index (χ0) is 9.10. The third-order valence-corrected chi connectivity index (χ3v) is 2.01. The van der Waals surface area contributed by atoms with Gasteiger partial charge in [0.05, 0.1) is 6.54 Å². The standard InChI is InChI=1S/C8H7BrN4/c9-8-1-7(2-10-3-8)4-13-6-11-5-12-13/h1-3,5-6H,4H2. The van der Waals surface area contributed by atoms with E-state index >= 15 is 0 Å². The molecule has 2 aromatic heterocycles. The fraction of sp³-hybridized carbons (Fsp3) is 0.125. The summed E-state index contributed by atoms with van der Waals surface area (Å²) in [6, 6.07) is 2.01. The van der Waals surface area contributed by atoms with Gasteiger partial charge in [-0.25, -0.2) is 9.67 Å². The van der Waals surface area contributed by atoms with Gasteiger partial charge in [0, 0.05) is 16.9 Å². The van der Waals surface area contributed by atoms with Crippen molar-refractivity contribution in [2.45, 2.75) is 6.54 Å². The molecule has 0 saturated carbocycles. The third kappa shape index (κ3) is 2.12. The molecule has 0 bridgehead atoms. The maximum Gasteiger partial charge on any atom is 0.137 e. The van der Waals surface area contributed by atoms with Crippen LogP contribution in [0.15, 0.2) is 35.6 Å². The summed E-state index contributed by atoms with van der Waals surface area (Å²) in [5, 5.41) is 4.00. The lowest BCUT2D eigenvalue weighted by Crippen LogP contribution is -2.00. The Hall–Kier alpha value is -1.23. The van der Waals surface area contributed by atoms with Crippen LogP contribution in [0, 0.1) is 0 Å². The summed E-state index contributed by atoms with van der Waals surface area (Å²) in [7, 11) is 0. The summed E-state index contributed by atoms with van der Waals surface area (Å²) in [6.45, 7) is 0.701. The van der Waals surface area contributed by atoms with Gasteiger partial charge in [-0.15, -0.1) is 0 Å². The number of hydrogen-bond donors (Lipinski definition) is 0. The molecule has 66 valence electrons. The van der Waals surface area contributed by atoms with Crippen molar-refractivity contribution in [3.63, 3.8) is 0 Å². The van der Waals surface area contributed by atoms with Crippen LogP contribution >= 0.6 is 15.9 Å². The number of halogens is 1. The first kappa shape index (κ1) is 8.37. The zero-order valence-corrected chi connectivity index (χ0v) is 8.35. The molecule has 0 radical (unpaired) electrons. The van der Waals surface area contributed by atoms with Crippen LogP contribution in [0.1, 0.15) is 5.56 Å². The molecule has 0 N–H and O–H groups in total. The summed E-state index contributed by atoms with van der Waals surface area (Å²) in [5.41, 5.74) is 1.10. The highest BCUT2D eigenvalue weighted by Gasteiger charge is 1.96. The molecule has 4 nitrogen and oxygen atoms in total. The van der Waals surface area contributed by atoms with Crippen LogP contribution in [0.25, 0.3) is 0 Å². The molecule has 0 fully saturated rings. The Bertz CT molecular complexity index is 385. The molecule has 2 aromatic rings. The van der Waals surface area contributed by atoms with Crippen LogP contribution in [0.2, 0.25) is 0 Å². The van der Waals surface area contributed by atoms with Gasteiger partial charge in [0.1, 0.15) is 12.7 Å². The second-order valence-electron chi connectivity index (χ2n) is 2.60. The van der Waals surface area contributed by atoms with Crippen LogP contribution in [0.5, 0.6) is 0 Å². The molecular weight excluding hydrogens is 232 g/mol. The van der Waals surface area contributed by atoms with Gasteiger partial charge >= 0.3 is 0 Å². The predicted molar refractivity (Wildman–Crippen MR) is 51.1 cm³/mol. The van der Waals surface area contributed by atoms with Crippen LogP contribution < -0.4 is 0 Å². The summed E-state index contributed by atoms with van der Waals surface area (Å²) in [5.74, 6) is 0. The molecule has 2 heterocycles. The van der Waals surface area contributed by atoms with E-state index in [1.807, 2.05) is 12.3 Å². The van der Waals surface area contributed by atoms with Crippen LogP contribution in [0.4, 0.5) is 0 Å². The zero-order valence-electron chi connectivity index (χ0n) is 6.76. The summed E-state index contributed by atoms with van der Waals surface area (Å²) < 4.78 is 2.73. The van der Waals surface area contributed by atoms with Crippen molar-refractivity contribution in [1.82, 2.24) is 19.7 Å². The van der Waals surface area contributed by atoms with Gasteiger partial charge in [0.15, 0.2) is 0 Å². The lowest BCUT2D eigenvalue weighted by molar-refractivity contribution is 0.682. The number of pyridine rings is 1. The number of nitrogens with zero attached hydrogens (tertiary/aromatic N) is 4. The second-order valence-corrected chi connectivity index (χ2v) is 3.52. The van der Waals surface area contributed by atoms with Gasteiger partial charge in [-0.1, -0.05) is 0 Å². The van der Waals surface area contributed by atoms with E-state index in [0.717, 1.165) is 10.0 Å². The van der Waals surface area contributed by atoms with Gasteiger partial charge in [-0.3, -0.25) is 4.98 Å². The lowest BCUT2D eigenvalue weighted by atomic mass is 10.3. The van der Waals surface area contributed by atoms with Gasteiger partial charge in [0.2, 0.25) is 0 Å². The molecule has 0 aliphatic heterocycles. The van der Waals surface area contributed by atoms with Gasteiger partial charge in [-0.2, -0.15) is 5.10 Å². The van der Waals surface area contributed by atoms with Crippen LogP contribution in [-0.4, -0.2) is 19.7 Å². The normalized spacial score (nSPS) is 10.2. The molecule has 0 aliphatic carbocycles. The van der Waals surface area contributed by atoms with E-state index in [1.165, 1.54) is 6.33 Å². The van der Waals surface area contributed by atoms with Gasteiger partial charge < -0.3 is 0 Å². The van der Waals surface area contributed by atoms with E-state index in [1.54, 1.807) is 17.2 Å². The van der Waals surface area contributed by atoms with E-state index < -0.39 is 0 Å². The van der Waals surface area contributed by atoms with Crippen molar-refractivity contribution in [1.29, 1.82) is 0 Å². The molecule has 0 aliphatic rings. The molecule has 2 rings (SSSR count). The molecule has 0 saturated heterocycles. The predicted octanol–water partition coefficient (Wildman–Crippen LogP) is 1.48. The molecule has 0 spiro atoms. The second kappa shape index (κ2) is 3.66. The van der Waals surface area contributed by atoms with Crippen molar-refractivity contribution in [3.05, 3.63) is 41.2 Å². The van der Waals surface area contributed by atoms with Crippen molar-refractivity contribution in [2.24, 2.45) is 0 Å². The number of hydrogen-bond acceptors (Lipinski definition) is 3. The quantitative estimate of drug-likeness (QED) is 0.797. The summed E-state index contributed by atoms with van der Waals surface area (Å²) in [4.78, 5) is 7.92. The van der Waals surface area contributed by atoms with Crippen molar-refractivity contribution in [2.75, 3.05) is 0 Å². The Morgan fingerprint density at radius 3 is 2.92 bits per heavy atom. The smallest absolute Gasteiger partial charge is 0.137 e. The maximum atomic E-state index is 4.06. The Balaban J connectivity index is 2.19. The molecule has 0 aromatic carbocycles. The first-order valence-corrected chi connectivity index (χ1v) is 4.56. The van der Waals surface area contributed by atoms with Crippen molar-refractivity contribution in [3.8, 4) is 0 Å². The maximum absolute atomic E-state index is 4.06. The van der Waals surface area contributed by atoms with Gasteiger partial charge in [0.25, 0.3) is 0 Å². The highest BCUT2D eigenvalue weighted by atomic mass is 79.9. The summed E-state index contributed by atoms with van der Waals surface area (Å²) in [6.07, 6.45) is 6.77. The fourth-order valence-corrected chi connectivity index (χ4v) is 1.46. The highest BCUT2D eigenvalue weighted by Crippen LogP contribution is 2.09. The monoisotopic (exact) mass is 238 g/mol. The number of rotatable bonds is 2. The van der Waals surface area contributed by atoms with Crippen LogP contribution in [-0.2, 0) is 6.54 Å². The molecule has 0 amide bonds. The Morgan fingerprint density at radius 1 is 1.31 bits per heavy atom. The van der Waals surface area contributed by atoms with Crippen molar-refractivity contribution >= 4 is 15.9 Å². The molecule has 0 atom stereocenters. The number of aromatic nitrogens is 4. The summed E-state index contributed by atoms with van der Waals surface area (Å²) >= 11 is 3.36. The minimum atomic E-state index is 0.701. The van der Waals surface area contributed by atoms with E-state index in [-0.39, 0.29) is 0 Å². The van der Waals surface area contributed by atoms with E-state index in [0.29, 0.717) is 6.54 Å². The Labute approximate surface area is 83.8 Å². The average Bonchev–Trinajstić information content (AvgIpc) is 2.57. The topological polar surface area (TPSA) is 43.6 Å². The Morgan fingerprint density at radius 2 is 2.23 bits per heavy atom. The minimum absolute atomic E-state index is 0.701. The Kier molecular flexibility index (Phi) is 2.35. The first-order chi connectivity index (χ1) is 6.34.